The number of ether oxygens (including phenoxy) is 1. The van der Waals surface area contributed by atoms with Gasteiger partial charge in [-0.2, -0.15) is 0 Å². The highest BCUT2D eigenvalue weighted by Gasteiger charge is 2.02. The van der Waals surface area contributed by atoms with Crippen LogP contribution in [0.15, 0.2) is 28.7 Å². The molecule has 3 nitrogen and oxygen atoms in total. The van der Waals surface area contributed by atoms with Crippen LogP contribution < -0.4 is 10.1 Å². The molecule has 17 heavy (non-hydrogen) atoms. The zero-order valence-corrected chi connectivity index (χ0v) is 11.8. The third kappa shape index (κ3) is 6.31. The number of hydrogen-bond donors (Lipinski definition) is 1. The highest BCUT2D eigenvalue weighted by molar-refractivity contribution is 9.10. The Balaban J connectivity index is 2.21. The largest absolute Gasteiger partial charge is 0.484 e. The fourth-order valence-electron chi connectivity index (χ4n) is 1.23. The molecule has 4 heteroatoms. The maximum atomic E-state index is 11.4. The van der Waals surface area contributed by atoms with Crippen LogP contribution in [0.2, 0.25) is 0 Å². The second kappa shape index (κ2) is 7.33. The molecule has 1 aromatic rings. The summed E-state index contributed by atoms with van der Waals surface area (Å²) in [5.41, 5.74) is 0. The summed E-state index contributed by atoms with van der Waals surface area (Å²) in [6.07, 6.45) is 0.990. The van der Waals surface area contributed by atoms with Gasteiger partial charge in [-0.15, -0.1) is 0 Å². The summed E-state index contributed by atoms with van der Waals surface area (Å²) in [7, 11) is 0. The Kier molecular flexibility index (Phi) is 6.05. The van der Waals surface area contributed by atoms with E-state index in [1.165, 1.54) is 0 Å². The summed E-state index contributed by atoms with van der Waals surface area (Å²) in [4.78, 5) is 11.4. The Morgan fingerprint density at radius 1 is 1.35 bits per heavy atom. The number of hydrogen-bond acceptors (Lipinski definition) is 2. The summed E-state index contributed by atoms with van der Waals surface area (Å²) < 4.78 is 6.34. The third-order valence-electron chi connectivity index (χ3n) is 2.23. The Morgan fingerprint density at radius 3 is 2.59 bits per heavy atom. The number of benzene rings is 1. The minimum atomic E-state index is -0.0754. The van der Waals surface area contributed by atoms with Gasteiger partial charge in [0.05, 0.1) is 0 Å². The van der Waals surface area contributed by atoms with Crippen molar-refractivity contribution in [3.8, 4) is 5.75 Å². The van der Waals surface area contributed by atoms with E-state index in [0.29, 0.717) is 18.2 Å². The Bertz CT molecular complexity index is 349. The molecule has 0 atom stereocenters. The molecular formula is C13H18BrNO2. The molecule has 0 aliphatic rings. The average molecular weight is 300 g/mol. The number of carbonyl (C=O) groups is 1. The van der Waals surface area contributed by atoms with Crippen LogP contribution in [0.25, 0.3) is 0 Å². The molecule has 0 aliphatic carbocycles. The summed E-state index contributed by atoms with van der Waals surface area (Å²) >= 11 is 3.34. The number of carbonyl (C=O) groups excluding carboxylic acids is 1. The molecule has 1 N–H and O–H groups in total. The molecule has 1 amide bonds. The second-order valence-corrected chi connectivity index (χ2v) is 5.19. The van der Waals surface area contributed by atoms with Gasteiger partial charge in [-0.05, 0) is 36.6 Å². The van der Waals surface area contributed by atoms with Gasteiger partial charge in [-0.1, -0.05) is 29.8 Å². The smallest absolute Gasteiger partial charge is 0.257 e. The Morgan fingerprint density at radius 2 is 2.00 bits per heavy atom. The predicted octanol–water partition coefficient (Wildman–Crippen LogP) is 2.99. The molecule has 0 bridgehead atoms. The van der Waals surface area contributed by atoms with Crippen molar-refractivity contribution < 1.29 is 9.53 Å². The molecule has 1 aromatic carbocycles. The van der Waals surface area contributed by atoms with E-state index in [2.05, 4.69) is 35.1 Å². The van der Waals surface area contributed by atoms with Crippen molar-refractivity contribution >= 4 is 21.8 Å². The number of amides is 1. The van der Waals surface area contributed by atoms with Crippen LogP contribution in [0.1, 0.15) is 20.3 Å². The molecule has 0 heterocycles. The van der Waals surface area contributed by atoms with Crippen molar-refractivity contribution in [3.05, 3.63) is 28.7 Å². The highest BCUT2D eigenvalue weighted by atomic mass is 79.9. The first kappa shape index (κ1) is 14.0. The van der Waals surface area contributed by atoms with E-state index in [1.807, 2.05) is 24.3 Å². The molecule has 0 saturated heterocycles. The highest BCUT2D eigenvalue weighted by Crippen LogP contribution is 2.15. The molecular weight excluding hydrogens is 282 g/mol. The molecule has 94 valence electrons. The molecule has 0 fully saturated rings. The van der Waals surface area contributed by atoms with Gasteiger partial charge in [0, 0.05) is 11.0 Å². The number of nitrogens with one attached hydrogen (secondary N) is 1. The van der Waals surface area contributed by atoms with E-state index in [9.17, 15) is 4.79 Å². The standard InChI is InChI=1S/C13H18BrNO2/c1-10(2)7-8-15-13(16)9-17-12-5-3-11(14)4-6-12/h3-6,10H,7-9H2,1-2H3,(H,15,16). The minimum absolute atomic E-state index is 0.0692. The number of halogens is 1. The lowest BCUT2D eigenvalue weighted by atomic mass is 10.1. The SMILES string of the molecule is CC(C)CCNC(=O)COc1ccc(Br)cc1. The summed E-state index contributed by atoms with van der Waals surface area (Å²) in [5, 5.41) is 2.82. The van der Waals surface area contributed by atoms with Gasteiger partial charge in [0.1, 0.15) is 5.75 Å². The summed E-state index contributed by atoms with van der Waals surface area (Å²) in [5.74, 6) is 1.23. The Labute approximate surface area is 111 Å². The van der Waals surface area contributed by atoms with Gasteiger partial charge in [-0.3, -0.25) is 4.79 Å². The van der Waals surface area contributed by atoms with Crippen LogP contribution in [-0.4, -0.2) is 19.1 Å². The van der Waals surface area contributed by atoms with E-state index in [1.54, 1.807) is 0 Å². The molecule has 0 radical (unpaired) electrons. The first-order chi connectivity index (χ1) is 8.08. The van der Waals surface area contributed by atoms with Crippen molar-refractivity contribution in [2.24, 2.45) is 5.92 Å². The van der Waals surface area contributed by atoms with Crippen LogP contribution >= 0.6 is 15.9 Å². The second-order valence-electron chi connectivity index (χ2n) is 4.28. The van der Waals surface area contributed by atoms with Gasteiger partial charge >= 0.3 is 0 Å². The molecule has 0 saturated carbocycles. The van der Waals surface area contributed by atoms with Crippen LogP contribution in [0, 0.1) is 5.92 Å². The topological polar surface area (TPSA) is 38.3 Å². The molecule has 1 rings (SSSR count). The van der Waals surface area contributed by atoms with Crippen LogP contribution in [0.3, 0.4) is 0 Å². The maximum absolute atomic E-state index is 11.4. The normalized spacial score (nSPS) is 10.4. The van der Waals surface area contributed by atoms with Crippen molar-refractivity contribution in [3.63, 3.8) is 0 Å². The molecule has 0 aliphatic heterocycles. The first-order valence-electron chi connectivity index (χ1n) is 5.73. The van der Waals surface area contributed by atoms with Crippen molar-refractivity contribution in [2.45, 2.75) is 20.3 Å². The maximum Gasteiger partial charge on any atom is 0.257 e. The van der Waals surface area contributed by atoms with Gasteiger partial charge < -0.3 is 10.1 Å². The van der Waals surface area contributed by atoms with Crippen LogP contribution in [0.4, 0.5) is 0 Å². The van der Waals surface area contributed by atoms with Crippen LogP contribution in [-0.2, 0) is 4.79 Å². The van der Waals surface area contributed by atoms with Gasteiger partial charge in [0.25, 0.3) is 5.91 Å². The van der Waals surface area contributed by atoms with Crippen molar-refractivity contribution in [1.29, 1.82) is 0 Å². The van der Waals surface area contributed by atoms with Crippen molar-refractivity contribution in [1.82, 2.24) is 5.32 Å². The fraction of sp³-hybridized carbons (Fsp3) is 0.462. The molecule has 0 unspecified atom stereocenters. The first-order valence-corrected chi connectivity index (χ1v) is 6.52. The quantitative estimate of drug-likeness (QED) is 0.877. The van der Waals surface area contributed by atoms with Gasteiger partial charge in [0.15, 0.2) is 6.61 Å². The molecule has 0 aromatic heterocycles. The summed E-state index contributed by atoms with van der Waals surface area (Å²) in [6.45, 7) is 5.04. The van der Waals surface area contributed by atoms with Gasteiger partial charge in [-0.25, -0.2) is 0 Å². The number of rotatable bonds is 6. The van der Waals surface area contributed by atoms with E-state index < -0.39 is 0 Å². The predicted molar refractivity (Wildman–Crippen MR) is 72.1 cm³/mol. The average Bonchev–Trinajstić information content (AvgIpc) is 2.28. The minimum Gasteiger partial charge on any atom is -0.484 e. The lowest BCUT2D eigenvalue weighted by molar-refractivity contribution is -0.123. The zero-order valence-electron chi connectivity index (χ0n) is 10.2. The third-order valence-corrected chi connectivity index (χ3v) is 2.76. The van der Waals surface area contributed by atoms with Crippen LogP contribution in [0.5, 0.6) is 5.75 Å². The van der Waals surface area contributed by atoms with Crippen molar-refractivity contribution in [2.75, 3.05) is 13.2 Å². The fourth-order valence-corrected chi connectivity index (χ4v) is 1.50. The molecule has 0 spiro atoms. The summed E-state index contributed by atoms with van der Waals surface area (Å²) in [6, 6.07) is 7.41. The zero-order chi connectivity index (χ0) is 12.7. The lowest BCUT2D eigenvalue weighted by Gasteiger charge is -2.08. The van der Waals surface area contributed by atoms with E-state index in [4.69, 9.17) is 4.74 Å². The lowest BCUT2D eigenvalue weighted by Crippen LogP contribution is -2.30. The van der Waals surface area contributed by atoms with E-state index in [0.717, 1.165) is 10.9 Å². The monoisotopic (exact) mass is 299 g/mol. The Hall–Kier alpha value is -1.03. The van der Waals surface area contributed by atoms with E-state index >= 15 is 0 Å². The van der Waals surface area contributed by atoms with E-state index in [-0.39, 0.29) is 12.5 Å². The van der Waals surface area contributed by atoms with Gasteiger partial charge in [0.2, 0.25) is 0 Å².